The lowest BCUT2D eigenvalue weighted by atomic mass is 10.0. The second kappa shape index (κ2) is 4.29. The minimum Gasteiger partial charge on any atom is -0.492 e. The van der Waals surface area contributed by atoms with Crippen LogP contribution in [0.4, 0.5) is 4.39 Å². The first-order chi connectivity index (χ1) is 7.02. The number of methoxy groups -OCH3 is 2. The van der Waals surface area contributed by atoms with E-state index in [-0.39, 0.29) is 17.3 Å². The lowest BCUT2D eigenvalue weighted by Gasteiger charge is -2.13. The van der Waals surface area contributed by atoms with Crippen LogP contribution < -0.4 is 9.47 Å². The molecule has 0 heterocycles. The van der Waals surface area contributed by atoms with E-state index >= 15 is 0 Å². The molecule has 3 nitrogen and oxygen atoms in total. The van der Waals surface area contributed by atoms with E-state index in [2.05, 4.69) is 0 Å². The Hall–Kier alpha value is -1.58. The smallest absolute Gasteiger partial charge is 0.197 e. The number of ether oxygens (including phenoxy) is 2. The second-order valence-electron chi connectivity index (χ2n) is 3.15. The van der Waals surface area contributed by atoms with E-state index in [9.17, 15) is 9.18 Å². The molecule has 0 unspecified atom stereocenters. The molecule has 0 amide bonds. The summed E-state index contributed by atoms with van der Waals surface area (Å²) in [6.07, 6.45) is 0. The van der Waals surface area contributed by atoms with Crippen LogP contribution in [0.3, 0.4) is 0 Å². The Bertz CT molecular complexity index is 399. The number of benzene rings is 1. The molecular weight excluding hydrogens is 199 g/mol. The Morgan fingerprint density at radius 1 is 1.27 bits per heavy atom. The molecule has 0 saturated carbocycles. The Labute approximate surface area is 87.8 Å². The van der Waals surface area contributed by atoms with E-state index in [1.807, 2.05) is 0 Å². The van der Waals surface area contributed by atoms with Gasteiger partial charge in [-0.3, -0.25) is 4.79 Å². The van der Waals surface area contributed by atoms with Crippen LogP contribution in [0.2, 0.25) is 0 Å². The summed E-state index contributed by atoms with van der Waals surface area (Å²) in [7, 11) is 2.77. The van der Waals surface area contributed by atoms with Crippen molar-refractivity contribution in [2.75, 3.05) is 14.2 Å². The van der Waals surface area contributed by atoms with Crippen molar-refractivity contribution in [2.45, 2.75) is 13.8 Å². The first kappa shape index (κ1) is 11.5. The number of hydrogen-bond donors (Lipinski definition) is 0. The number of rotatable bonds is 3. The third-order valence-electron chi connectivity index (χ3n) is 2.23. The fourth-order valence-electron chi connectivity index (χ4n) is 1.50. The van der Waals surface area contributed by atoms with Gasteiger partial charge in [-0.25, -0.2) is 4.39 Å². The fraction of sp³-hybridized carbons (Fsp3) is 0.364. The van der Waals surface area contributed by atoms with E-state index in [1.165, 1.54) is 27.2 Å². The number of carbonyl (C=O) groups is 1. The van der Waals surface area contributed by atoms with Gasteiger partial charge in [0.1, 0.15) is 0 Å². The summed E-state index contributed by atoms with van der Waals surface area (Å²) in [5, 5.41) is 0. The average Bonchev–Trinajstić information content (AvgIpc) is 2.19. The van der Waals surface area contributed by atoms with Crippen molar-refractivity contribution in [1.29, 1.82) is 0 Å². The second-order valence-corrected chi connectivity index (χ2v) is 3.15. The van der Waals surface area contributed by atoms with Crippen molar-refractivity contribution in [3.8, 4) is 11.5 Å². The highest BCUT2D eigenvalue weighted by Gasteiger charge is 2.18. The van der Waals surface area contributed by atoms with Gasteiger partial charge >= 0.3 is 0 Å². The molecule has 0 spiro atoms. The largest absolute Gasteiger partial charge is 0.492 e. The van der Waals surface area contributed by atoms with Crippen molar-refractivity contribution < 1.29 is 18.7 Å². The van der Waals surface area contributed by atoms with Crippen LogP contribution in [-0.4, -0.2) is 20.0 Å². The van der Waals surface area contributed by atoms with Crippen LogP contribution in [0.5, 0.6) is 11.5 Å². The summed E-state index contributed by atoms with van der Waals surface area (Å²) >= 11 is 0. The monoisotopic (exact) mass is 212 g/mol. The first-order valence-electron chi connectivity index (χ1n) is 4.45. The van der Waals surface area contributed by atoms with Crippen molar-refractivity contribution in [3.05, 3.63) is 23.0 Å². The number of halogens is 1. The van der Waals surface area contributed by atoms with Crippen molar-refractivity contribution >= 4 is 5.78 Å². The van der Waals surface area contributed by atoms with Gasteiger partial charge in [-0.05, 0) is 19.9 Å². The van der Waals surface area contributed by atoms with Crippen LogP contribution >= 0.6 is 0 Å². The van der Waals surface area contributed by atoms with Gasteiger partial charge < -0.3 is 9.47 Å². The Morgan fingerprint density at radius 3 is 2.20 bits per heavy atom. The van der Waals surface area contributed by atoms with E-state index in [1.54, 1.807) is 6.92 Å². The van der Waals surface area contributed by atoms with E-state index in [4.69, 9.17) is 9.47 Å². The number of carbonyl (C=O) groups excluding carboxylic acids is 1. The van der Waals surface area contributed by atoms with E-state index in [0.29, 0.717) is 11.1 Å². The molecule has 0 N–H and O–H groups in total. The minimum absolute atomic E-state index is 0.0278. The molecule has 0 aliphatic heterocycles. The predicted octanol–water partition coefficient (Wildman–Crippen LogP) is 2.35. The molecule has 15 heavy (non-hydrogen) atoms. The highest BCUT2D eigenvalue weighted by Crippen LogP contribution is 2.35. The van der Waals surface area contributed by atoms with Gasteiger partial charge in [0.25, 0.3) is 0 Å². The zero-order valence-electron chi connectivity index (χ0n) is 9.18. The summed E-state index contributed by atoms with van der Waals surface area (Å²) in [6, 6.07) is 1.17. The van der Waals surface area contributed by atoms with Crippen molar-refractivity contribution in [3.63, 3.8) is 0 Å². The topological polar surface area (TPSA) is 35.5 Å². The lowest BCUT2D eigenvalue weighted by Crippen LogP contribution is -2.03. The van der Waals surface area contributed by atoms with Crippen LogP contribution in [-0.2, 0) is 0 Å². The highest BCUT2D eigenvalue weighted by atomic mass is 19.1. The molecule has 4 heteroatoms. The maximum atomic E-state index is 13.5. The maximum absolute atomic E-state index is 13.5. The number of hydrogen-bond acceptors (Lipinski definition) is 3. The SMILES string of the molecule is COc1c(F)cc(C(C)=O)c(C)c1OC. The van der Waals surface area contributed by atoms with Crippen molar-refractivity contribution in [2.24, 2.45) is 0 Å². The van der Waals surface area contributed by atoms with Crippen LogP contribution in [0.15, 0.2) is 6.07 Å². The minimum atomic E-state index is -0.592. The molecule has 1 aromatic carbocycles. The molecule has 1 aromatic rings. The summed E-state index contributed by atoms with van der Waals surface area (Å²) < 4.78 is 23.4. The van der Waals surface area contributed by atoms with Gasteiger partial charge in [0.2, 0.25) is 0 Å². The molecule has 0 atom stereocenters. The third-order valence-corrected chi connectivity index (χ3v) is 2.23. The molecule has 0 aliphatic carbocycles. The Kier molecular flexibility index (Phi) is 3.29. The van der Waals surface area contributed by atoms with E-state index < -0.39 is 5.82 Å². The quantitative estimate of drug-likeness (QED) is 0.721. The molecule has 0 saturated heterocycles. The summed E-state index contributed by atoms with van der Waals surface area (Å²) in [6.45, 7) is 3.07. The molecule has 0 fully saturated rings. The normalized spacial score (nSPS) is 9.93. The number of Topliss-reactive ketones (excluding diaryl/α,β-unsaturated/α-hetero) is 1. The lowest BCUT2D eigenvalue weighted by molar-refractivity contribution is 0.101. The van der Waals surface area contributed by atoms with Crippen LogP contribution in [0.1, 0.15) is 22.8 Å². The highest BCUT2D eigenvalue weighted by molar-refractivity contribution is 5.96. The van der Waals surface area contributed by atoms with Gasteiger partial charge in [-0.2, -0.15) is 0 Å². The molecule has 0 aromatic heterocycles. The fourth-order valence-corrected chi connectivity index (χ4v) is 1.50. The van der Waals surface area contributed by atoms with Crippen LogP contribution in [0, 0.1) is 12.7 Å². The van der Waals surface area contributed by atoms with Gasteiger partial charge in [-0.15, -0.1) is 0 Å². The zero-order valence-corrected chi connectivity index (χ0v) is 9.18. The molecule has 82 valence electrons. The Balaban J connectivity index is 3.51. The molecule has 0 aliphatic rings. The Morgan fingerprint density at radius 2 is 1.80 bits per heavy atom. The van der Waals surface area contributed by atoms with E-state index in [0.717, 1.165) is 0 Å². The molecule has 0 bridgehead atoms. The molecular formula is C11H13FO3. The third kappa shape index (κ3) is 1.93. The summed E-state index contributed by atoms with van der Waals surface area (Å²) in [5.74, 6) is -0.500. The molecule has 0 radical (unpaired) electrons. The van der Waals surface area contributed by atoms with Gasteiger partial charge in [0, 0.05) is 11.1 Å². The van der Waals surface area contributed by atoms with Gasteiger partial charge in [0.05, 0.1) is 14.2 Å². The molecule has 1 rings (SSSR count). The zero-order chi connectivity index (χ0) is 11.6. The average molecular weight is 212 g/mol. The number of ketones is 1. The standard InChI is InChI=1S/C11H13FO3/c1-6-8(7(2)13)5-9(12)11(15-4)10(6)14-3/h5H,1-4H3. The first-order valence-corrected chi connectivity index (χ1v) is 4.45. The van der Waals surface area contributed by atoms with Gasteiger partial charge in [0.15, 0.2) is 23.1 Å². The predicted molar refractivity (Wildman–Crippen MR) is 54.2 cm³/mol. The summed E-state index contributed by atoms with van der Waals surface area (Å²) in [4.78, 5) is 11.2. The van der Waals surface area contributed by atoms with Gasteiger partial charge in [-0.1, -0.05) is 0 Å². The maximum Gasteiger partial charge on any atom is 0.197 e. The van der Waals surface area contributed by atoms with Crippen molar-refractivity contribution in [1.82, 2.24) is 0 Å². The summed E-state index contributed by atoms with van der Waals surface area (Å²) in [5.41, 5.74) is 0.897. The van der Waals surface area contributed by atoms with Crippen LogP contribution in [0.25, 0.3) is 0 Å².